The van der Waals surface area contributed by atoms with E-state index in [1.165, 1.54) is 0 Å². The molecule has 0 saturated carbocycles. The Balaban J connectivity index is 1.80. The van der Waals surface area contributed by atoms with Gasteiger partial charge in [-0.3, -0.25) is 9.59 Å². The lowest BCUT2D eigenvalue weighted by molar-refractivity contribution is -0.140. The smallest absolute Gasteiger partial charge is 0.295 e. The number of ether oxygens (including phenoxy) is 1. The minimum absolute atomic E-state index is 0.0996. The number of hydrogen-bond donors (Lipinski definition) is 1. The number of hydrogen-bond acceptors (Lipinski definition) is 4. The predicted octanol–water partition coefficient (Wildman–Crippen LogP) is 5.06. The first-order valence-electron chi connectivity index (χ1n) is 10.6. The highest BCUT2D eigenvalue weighted by atomic mass is 35.5. The fraction of sp³-hybridized carbons (Fsp3) is 0.360. The molecule has 2 atom stereocenters. The predicted molar refractivity (Wildman–Crippen MR) is 120 cm³/mol. The molecule has 2 fully saturated rings. The molecule has 2 aliphatic heterocycles. The summed E-state index contributed by atoms with van der Waals surface area (Å²) in [6.45, 7) is 5.20. The average molecular weight is 440 g/mol. The highest BCUT2D eigenvalue weighted by Gasteiger charge is 2.47. The Morgan fingerprint density at radius 1 is 1.13 bits per heavy atom. The summed E-state index contributed by atoms with van der Waals surface area (Å²) in [7, 11) is 0. The van der Waals surface area contributed by atoms with Gasteiger partial charge in [-0.25, -0.2) is 0 Å². The van der Waals surface area contributed by atoms with Crippen LogP contribution >= 0.6 is 11.6 Å². The normalized spacial score (nSPS) is 23.2. The number of carbonyl (C=O) groups is 2. The second-order valence-electron chi connectivity index (χ2n) is 8.41. The Bertz CT molecular complexity index is 1000. The number of amides is 1. The van der Waals surface area contributed by atoms with Crippen molar-refractivity contribution < 1.29 is 19.4 Å². The largest absolute Gasteiger partial charge is 0.507 e. The SMILES string of the molecule is CC(C)c1ccc([C@@H]2/C(=C(\O)c3ccc(Cl)cc3)C(=O)C(=O)N2C[C@H]2CCCO2)cc1. The second-order valence-corrected chi connectivity index (χ2v) is 8.85. The van der Waals surface area contributed by atoms with Crippen LogP contribution in [-0.4, -0.2) is 41.0 Å². The molecule has 6 heteroatoms. The molecule has 1 N–H and O–H groups in total. The summed E-state index contributed by atoms with van der Waals surface area (Å²) in [6, 6.07) is 13.8. The third kappa shape index (κ3) is 4.25. The van der Waals surface area contributed by atoms with Gasteiger partial charge in [0.25, 0.3) is 11.7 Å². The van der Waals surface area contributed by atoms with E-state index in [0.29, 0.717) is 29.7 Å². The molecule has 2 heterocycles. The molecule has 2 aromatic rings. The van der Waals surface area contributed by atoms with Crippen LogP contribution < -0.4 is 0 Å². The van der Waals surface area contributed by atoms with E-state index in [2.05, 4.69) is 13.8 Å². The van der Waals surface area contributed by atoms with Gasteiger partial charge >= 0.3 is 0 Å². The Labute approximate surface area is 187 Å². The maximum Gasteiger partial charge on any atom is 0.295 e. The molecule has 0 spiro atoms. The third-order valence-electron chi connectivity index (χ3n) is 6.00. The summed E-state index contributed by atoms with van der Waals surface area (Å²) in [5.41, 5.74) is 2.50. The van der Waals surface area contributed by atoms with Crippen LogP contribution in [0.1, 0.15) is 55.3 Å². The zero-order chi connectivity index (χ0) is 22.1. The zero-order valence-corrected chi connectivity index (χ0v) is 18.4. The lowest BCUT2D eigenvalue weighted by atomic mass is 9.93. The molecule has 0 bridgehead atoms. The summed E-state index contributed by atoms with van der Waals surface area (Å²) >= 11 is 5.97. The first kappa shape index (κ1) is 21.6. The Kier molecular flexibility index (Phi) is 6.17. The van der Waals surface area contributed by atoms with Crippen molar-refractivity contribution in [2.75, 3.05) is 13.2 Å². The number of aliphatic hydroxyl groups is 1. The first-order chi connectivity index (χ1) is 14.9. The second kappa shape index (κ2) is 8.85. The number of halogens is 1. The maximum atomic E-state index is 13.1. The average Bonchev–Trinajstić information content (AvgIpc) is 3.36. The van der Waals surface area contributed by atoms with Crippen molar-refractivity contribution in [3.05, 3.63) is 75.8 Å². The van der Waals surface area contributed by atoms with Crippen molar-refractivity contribution in [3.63, 3.8) is 0 Å². The molecule has 5 nitrogen and oxygen atoms in total. The van der Waals surface area contributed by atoms with Gasteiger partial charge in [0.1, 0.15) is 5.76 Å². The molecule has 1 amide bonds. The topological polar surface area (TPSA) is 66.8 Å². The van der Waals surface area contributed by atoms with Gasteiger partial charge in [-0.1, -0.05) is 49.7 Å². The van der Waals surface area contributed by atoms with Crippen LogP contribution in [0.15, 0.2) is 54.1 Å². The standard InChI is InChI=1S/C25H26ClNO4/c1-15(2)16-5-7-17(8-6-16)22-21(23(28)18-9-11-19(26)12-10-18)24(29)25(30)27(22)14-20-4-3-13-31-20/h5-12,15,20,22,28H,3-4,13-14H2,1-2H3/b23-21+/t20-,22-/m1/s1. The molecule has 0 unspecified atom stereocenters. The summed E-state index contributed by atoms with van der Waals surface area (Å²) in [6.07, 6.45) is 1.68. The van der Waals surface area contributed by atoms with Gasteiger partial charge in [-0.15, -0.1) is 0 Å². The molecule has 162 valence electrons. The van der Waals surface area contributed by atoms with E-state index < -0.39 is 17.7 Å². The highest BCUT2D eigenvalue weighted by Crippen LogP contribution is 2.40. The van der Waals surface area contributed by atoms with Crippen LogP contribution in [-0.2, 0) is 14.3 Å². The van der Waals surface area contributed by atoms with Gasteiger partial charge in [0.05, 0.1) is 17.7 Å². The number of carbonyl (C=O) groups excluding carboxylic acids is 2. The van der Waals surface area contributed by atoms with E-state index in [9.17, 15) is 14.7 Å². The Morgan fingerprint density at radius 3 is 2.39 bits per heavy atom. The molecular weight excluding hydrogens is 414 g/mol. The van der Waals surface area contributed by atoms with Gasteiger partial charge in [-0.05, 0) is 54.2 Å². The molecular formula is C25H26ClNO4. The Morgan fingerprint density at radius 2 is 1.81 bits per heavy atom. The molecule has 4 rings (SSSR count). The molecule has 2 aromatic carbocycles. The number of benzene rings is 2. The number of aliphatic hydroxyl groups excluding tert-OH is 1. The van der Waals surface area contributed by atoms with E-state index in [1.54, 1.807) is 29.2 Å². The monoisotopic (exact) mass is 439 g/mol. The van der Waals surface area contributed by atoms with Crippen LogP contribution in [0.5, 0.6) is 0 Å². The highest BCUT2D eigenvalue weighted by molar-refractivity contribution is 6.46. The van der Waals surface area contributed by atoms with Gasteiger partial charge in [0, 0.05) is 23.7 Å². The molecule has 0 radical (unpaired) electrons. The van der Waals surface area contributed by atoms with Crippen LogP contribution in [0.4, 0.5) is 0 Å². The molecule has 0 aliphatic carbocycles. The minimum atomic E-state index is -0.677. The van der Waals surface area contributed by atoms with Crippen LogP contribution in [0.2, 0.25) is 5.02 Å². The maximum absolute atomic E-state index is 13.1. The fourth-order valence-corrected chi connectivity index (χ4v) is 4.38. The molecule has 0 aromatic heterocycles. The molecule has 31 heavy (non-hydrogen) atoms. The van der Waals surface area contributed by atoms with Crippen molar-refractivity contribution in [3.8, 4) is 0 Å². The van der Waals surface area contributed by atoms with Crippen LogP contribution in [0, 0.1) is 0 Å². The zero-order valence-electron chi connectivity index (χ0n) is 17.7. The lowest BCUT2D eigenvalue weighted by Crippen LogP contribution is -2.36. The van der Waals surface area contributed by atoms with E-state index in [1.807, 2.05) is 24.3 Å². The summed E-state index contributed by atoms with van der Waals surface area (Å²) in [5.74, 6) is -1.11. The fourth-order valence-electron chi connectivity index (χ4n) is 4.25. The van der Waals surface area contributed by atoms with Crippen LogP contribution in [0.3, 0.4) is 0 Å². The van der Waals surface area contributed by atoms with Crippen molar-refractivity contribution in [2.24, 2.45) is 0 Å². The van der Waals surface area contributed by atoms with E-state index in [0.717, 1.165) is 24.0 Å². The van der Waals surface area contributed by atoms with Gasteiger partial charge in [0.15, 0.2) is 0 Å². The number of likely N-dealkylation sites (tertiary alicyclic amines) is 1. The third-order valence-corrected chi connectivity index (χ3v) is 6.25. The number of Topliss-reactive ketones (excluding diaryl/α,β-unsaturated/α-hetero) is 1. The molecule has 2 saturated heterocycles. The number of nitrogens with zero attached hydrogens (tertiary/aromatic N) is 1. The van der Waals surface area contributed by atoms with E-state index in [-0.39, 0.29) is 17.4 Å². The quantitative estimate of drug-likeness (QED) is 0.401. The van der Waals surface area contributed by atoms with Gasteiger partial charge in [0.2, 0.25) is 0 Å². The van der Waals surface area contributed by atoms with E-state index >= 15 is 0 Å². The summed E-state index contributed by atoms with van der Waals surface area (Å²) in [5, 5.41) is 11.6. The summed E-state index contributed by atoms with van der Waals surface area (Å²) < 4.78 is 5.73. The van der Waals surface area contributed by atoms with Crippen molar-refractivity contribution in [2.45, 2.75) is 44.8 Å². The first-order valence-corrected chi connectivity index (χ1v) is 11.0. The number of rotatable bonds is 5. The van der Waals surface area contributed by atoms with Crippen molar-refractivity contribution in [1.29, 1.82) is 0 Å². The van der Waals surface area contributed by atoms with E-state index in [4.69, 9.17) is 16.3 Å². The summed E-state index contributed by atoms with van der Waals surface area (Å²) in [4.78, 5) is 27.6. The minimum Gasteiger partial charge on any atom is -0.507 e. The molecule has 2 aliphatic rings. The van der Waals surface area contributed by atoms with Crippen molar-refractivity contribution in [1.82, 2.24) is 4.90 Å². The lowest BCUT2D eigenvalue weighted by Gasteiger charge is -2.27. The van der Waals surface area contributed by atoms with Gasteiger partial charge in [-0.2, -0.15) is 0 Å². The number of ketones is 1. The Hall–Kier alpha value is -2.63. The van der Waals surface area contributed by atoms with Crippen molar-refractivity contribution >= 4 is 29.1 Å². The van der Waals surface area contributed by atoms with Crippen LogP contribution in [0.25, 0.3) is 5.76 Å². The van der Waals surface area contributed by atoms with Gasteiger partial charge < -0.3 is 14.7 Å².